The number of ether oxygens (including phenoxy) is 1. The molecule has 0 aliphatic carbocycles. The standard InChI is InChI=1S/C17H16N2O5/c1-19-3-2-8-4-10-9(5-12(8)19)6-24-7-11-14(10)18-16(21)13(15(11)20)17(22)23/h4-5H,2-3,6-7H2,1H3,(H,22,23)(H2,18,20,21). The van der Waals surface area contributed by atoms with Crippen molar-refractivity contribution in [3.63, 3.8) is 0 Å². The van der Waals surface area contributed by atoms with Crippen LogP contribution in [0.2, 0.25) is 0 Å². The van der Waals surface area contributed by atoms with E-state index in [2.05, 4.69) is 9.88 Å². The van der Waals surface area contributed by atoms with Gasteiger partial charge in [-0.2, -0.15) is 0 Å². The highest BCUT2D eigenvalue weighted by molar-refractivity contribution is 5.92. The number of aromatic amines is 1. The number of pyridine rings is 1. The number of hydrogen-bond acceptors (Lipinski definition) is 5. The third-order valence-electron chi connectivity index (χ3n) is 4.71. The number of carboxylic acids is 1. The SMILES string of the molecule is CN1CCc2cc3c(cc21)COCc1c-3[nH]c(=O)c(C(=O)O)c1O. The zero-order valence-corrected chi connectivity index (χ0v) is 13.0. The summed E-state index contributed by atoms with van der Waals surface area (Å²) in [6.07, 6.45) is 0.902. The van der Waals surface area contributed by atoms with Crippen molar-refractivity contribution in [3.05, 3.63) is 44.7 Å². The molecule has 2 aromatic rings. The predicted octanol–water partition coefficient (Wildman–Crippen LogP) is 1.47. The summed E-state index contributed by atoms with van der Waals surface area (Å²) < 4.78 is 5.60. The number of carbonyl (C=O) groups is 1. The van der Waals surface area contributed by atoms with Gasteiger partial charge >= 0.3 is 5.97 Å². The molecule has 3 heterocycles. The van der Waals surface area contributed by atoms with Gasteiger partial charge in [-0.3, -0.25) is 4.79 Å². The monoisotopic (exact) mass is 328 g/mol. The van der Waals surface area contributed by atoms with Crippen molar-refractivity contribution in [1.29, 1.82) is 0 Å². The van der Waals surface area contributed by atoms with Crippen LogP contribution in [0.5, 0.6) is 5.75 Å². The molecule has 0 saturated carbocycles. The summed E-state index contributed by atoms with van der Waals surface area (Å²) in [4.78, 5) is 28.1. The molecule has 4 rings (SSSR count). The lowest BCUT2D eigenvalue weighted by atomic mass is 9.96. The summed E-state index contributed by atoms with van der Waals surface area (Å²) in [6.45, 7) is 1.29. The Kier molecular flexibility index (Phi) is 3.14. The number of carboxylic acid groups (broad SMARTS) is 1. The van der Waals surface area contributed by atoms with Crippen molar-refractivity contribution in [2.45, 2.75) is 19.6 Å². The number of nitrogens with one attached hydrogen (secondary N) is 1. The highest BCUT2D eigenvalue weighted by Crippen LogP contribution is 2.39. The quantitative estimate of drug-likeness (QED) is 0.732. The average molecular weight is 328 g/mol. The minimum Gasteiger partial charge on any atom is -0.506 e. The van der Waals surface area contributed by atoms with E-state index in [-0.39, 0.29) is 6.61 Å². The molecule has 124 valence electrons. The lowest BCUT2D eigenvalue weighted by Crippen LogP contribution is -2.20. The van der Waals surface area contributed by atoms with E-state index in [0.717, 1.165) is 35.3 Å². The maximum Gasteiger partial charge on any atom is 0.345 e. The topological polar surface area (TPSA) is 103 Å². The van der Waals surface area contributed by atoms with Crippen LogP contribution in [0.1, 0.15) is 27.0 Å². The van der Waals surface area contributed by atoms with Gasteiger partial charge in [-0.15, -0.1) is 0 Å². The van der Waals surface area contributed by atoms with E-state index in [9.17, 15) is 14.7 Å². The van der Waals surface area contributed by atoms with E-state index in [0.29, 0.717) is 17.9 Å². The van der Waals surface area contributed by atoms with E-state index >= 15 is 0 Å². The van der Waals surface area contributed by atoms with Crippen molar-refractivity contribution >= 4 is 11.7 Å². The second-order valence-electron chi connectivity index (χ2n) is 6.14. The lowest BCUT2D eigenvalue weighted by molar-refractivity contribution is 0.0690. The Hall–Kier alpha value is -2.80. The molecule has 0 unspecified atom stereocenters. The van der Waals surface area contributed by atoms with Gasteiger partial charge in [0, 0.05) is 30.4 Å². The second-order valence-corrected chi connectivity index (χ2v) is 6.14. The second kappa shape index (κ2) is 5.10. The fraction of sp³-hybridized carbons (Fsp3) is 0.294. The Bertz CT molecular complexity index is 932. The summed E-state index contributed by atoms with van der Waals surface area (Å²) >= 11 is 0. The largest absolute Gasteiger partial charge is 0.506 e. The molecule has 0 amide bonds. The molecule has 0 bridgehead atoms. The van der Waals surface area contributed by atoms with Crippen LogP contribution in [0.25, 0.3) is 11.3 Å². The van der Waals surface area contributed by atoms with Gasteiger partial charge in [-0.05, 0) is 29.7 Å². The first-order valence-electron chi connectivity index (χ1n) is 7.64. The van der Waals surface area contributed by atoms with Gasteiger partial charge in [-0.25, -0.2) is 4.79 Å². The van der Waals surface area contributed by atoms with Gasteiger partial charge in [-0.1, -0.05) is 0 Å². The molecule has 0 radical (unpaired) electrons. The molecule has 0 spiro atoms. The molecular formula is C17H16N2O5. The zero-order valence-electron chi connectivity index (χ0n) is 13.0. The van der Waals surface area contributed by atoms with Crippen molar-refractivity contribution in [2.75, 3.05) is 18.5 Å². The van der Waals surface area contributed by atoms with Gasteiger partial charge in [0.25, 0.3) is 5.56 Å². The van der Waals surface area contributed by atoms with E-state index in [1.807, 2.05) is 19.2 Å². The highest BCUT2D eigenvalue weighted by atomic mass is 16.5. The van der Waals surface area contributed by atoms with Crippen molar-refractivity contribution in [2.24, 2.45) is 0 Å². The number of aromatic hydroxyl groups is 1. The predicted molar refractivity (Wildman–Crippen MR) is 86.6 cm³/mol. The first-order chi connectivity index (χ1) is 11.5. The fourth-order valence-electron chi connectivity index (χ4n) is 3.45. The van der Waals surface area contributed by atoms with Crippen molar-refractivity contribution in [3.8, 4) is 17.0 Å². The normalized spacial score (nSPS) is 15.5. The fourth-order valence-corrected chi connectivity index (χ4v) is 3.45. The van der Waals surface area contributed by atoms with Crippen molar-refractivity contribution < 1.29 is 19.7 Å². The number of aromatic nitrogens is 1. The van der Waals surface area contributed by atoms with E-state index in [4.69, 9.17) is 9.84 Å². The summed E-state index contributed by atoms with van der Waals surface area (Å²) in [7, 11) is 2.02. The molecular weight excluding hydrogens is 312 g/mol. The van der Waals surface area contributed by atoms with Crippen LogP contribution < -0.4 is 10.5 Å². The van der Waals surface area contributed by atoms with Gasteiger partial charge in [0.15, 0.2) is 5.56 Å². The molecule has 0 saturated heterocycles. The molecule has 1 aromatic heterocycles. The molecule has 24 heavy (non-hydrogen) atoms. The van der Waals surface area contributed by atoms with Gasteiger partial charge < -0.3 is 24.8 Å². The molecule has 7 nitrogen and oxygen atoms in total. The smallest absolute Gasteiger partial charge is 0.345 e. The van der Waals surface area contributed by atoms with Gasteiger partial charge in [0.1, 0.15) is 5.75 Å². The van der Waals surface area contributed by atoms with Crippen LogP contribution in [-0.4, -0.2) is 34.8 Å². The molecule has 0 atom stereocenters. The molecule has 2 aliphatic rings. The highest BCUT2D eigenvalue weighted by Gasteiger charge is 2.27. The summed E-state index contributed by atoms with van der Waals surface area (Å²) in [5.41, 5.74) is 3.25. The van der Waals surface area contributed by atoms with Gasteiger partial charge in [0.2, 0.25) is 0 Å². The Balaban J connectivity index is 2.00. The Morgan fingerprint density at radius 2 is 2.08 bits per heavy atom. The third kappa shape index (κ3) is 2.01. The van der Waals surface area contributed by atoms with Crippen LogP contribution in [0.4, 0.5) is 5.69 Å². The zero-order chi connectivity index (χ0) is 17.0. The van der Waals surface area contributed by atoms with Crippen LogP contribution in [0, 0.1) is 0 Å². The number of likely N-dealkylation sites (N-methyl/N-ethyl adjacent to an activating group) is 1. The van der Waals surface area contributed by atoms with E-state index in [1.165, 1.54) is 0 Å². The number of anilines is 1. The maximum atomic E-state index is 12.1. The first kappa shape index (κ1) is 14.8. The third-order valence-corrected chi connectivity index (χ3v) is 4.71. The summed E-state index contributed by atoms with van der Waals surface area (Å²) in [5.74, 6) is -1.98. The summed E-state index contributed by atoms with van der Waals surface area (Å²) in [6, 6.07) is 4.03. The Morgan fingerprint density at radius 3 is 2.83 bits per heavy atom. The molecule has 2 aliphatic heterocycles. The molecule has 0 fully saturated rings. The minimum absolute atomic E-state index is 0.0351. The van der Waals surface area contributed by atoms with E-state index < -0.39 is 22.8 Å². The lowest BCUT2D eigenvalue weighted by Gasteiger charge is -2.16. The van der Waals surface area contributed by atoms with Crippen LogP contribution in [0.15, 0.2) is 16.9 Å². The van der Waals surface area contributed by atoms with Gasteiger partial charge in [0.05, 0.1) is 18.9 Å². The molecule has 1 aromatic carbocycles. The van der Waals surface area contributed by atoms with Crippen LogP contribution >= 0.6 is 0 Å². The average Bonchev–Trinajstić information content (AvgIpc) is 2.78. The van der Waals surface area contributed by atoms with Crippen molar-refractivity contribution in [1.82, 2.24) is 4.98 Å². The number of fused-ring (bicyclic) bond motifs is 4. The number of nitrogens with zero attached hydrogens (tertiary/aromatic N) is 1. The number of benzene rings is 1. The Morgan fingerprint density at radius 1 is 1.29 bits per heavy atom. The van der Waals surface area contributed by atoms with Crippen LogP contribution in [0.3, 0.4) is 0 Å². The number of H-pyrrole nitrogens is 1. The number of aromatic carboxylic acids is 1. The molecule has 7 heteroatoms. The summed E-state index contributed by atoms with van der Waals surface area (Å²) in [5, 5.41) is 19.4. The maximum absolute atomic E-state index is 12.1. The number of hydrogen-bond donors (Lipinski definition) is 3. The molecule has 3 N–H and O–H groups in total. The Labute approximate surface area is 137 Å². The number of rotatable bonds is 1. The van der Waals surface area contributed by atoms with E-state index in [1.54, 1.807) is 0 Å². The van der Waals surface area contributed by atoms with Crippen LogP contribution in [-0.2, 0) is 24.4 Å². The first-order valence-corrected chi connectivity index (χ1v) is 7.64. The minimum atomic E-state index is -1.46.